The topological polar surface area (TPSA) is 77.8 Å². The Bertz CT molecular complexity index is 810. The molecule has 0 atom stereocenters. The van der Waals surface area contributed by atoms with Crippen molar-refractivity contribution in [1.82, 2.24) is 0 Å². The van der Waals surface area contributed by atoms with Gasteiger partial charge in [-0.15, -0.1) is 0 Å². The van der Waals surface area contributed by atoms with Gasteiger partial charge in [0.05, 0.1) is 0 Å². The molecule has 2 aromatic rings. The highest BCUT2D eigenvalue weighted by Crippen LogP contribution is 2.16. The molecule has 0 fully saturated rings. The zero-order valence-electron chi connectivity index (χ0n) is 13.9. The lowest BCUT2D eigenvalue weighted by molar-refractivity contribution is -0.111. The minimum absolute atomic E-state index is 0.0871. The maximum absolute atomic E-state index is 12.3. The molecular weight excluding hydrogens is 316 g/mol. The second kappa shape index (κ2) is 8.55. The number of aliphatic hydroxyl groups excluding tert-OH is 1. The molecule has 2 aromatic carbocycles. The van der Waals surface area contributed by atoms with Crippen molar-refractivity contribution in [1.29, 1.82) is 0 Å². The summed E-state index contributed by atoms with van der Waals surface area (Å²) >= 11 is 0. The number of carbonyl (C=O) groups excluding carboxylic acids is 1. The average Bonchev–Trinajstić information content (AvgIpc) is 2.61. The third-order valence-electron chi connectivity index (χ3n) is 3.61. The number of rotatable bonds is 6. The van der Waals surface area contributed by atoms with E-state index in [4.69, 9.17) is 0 Å². The quantitative estimate of drug-likeness (QED) is 0.409. The second-order valence-corrected chi connectivity index (χ2v) is 5.43. The van der Waals surface area contributed by atoms with Gasteiger partial charge in [0.1, 0.15) is 17.3 Å². The van der Waals surface area contributed by atoms with E-state index in [1.165, 1.54) is 12.2 Å². The van der Waals surface area contributed by atoms with Crippen molar-refractivity contribution in [2.24, 2.45) is 0 Å². The molecule has 3 N–H and O–H groups in total. The van der Waals surface area contributed by atoms with Crippen LogP contribution in [0.4, 0.5) is 0 Å². The molecule has 0 aliphatic heterocycles. The molecule has 0 aliphatic carbocycles. The van der Waals surface area contributed by atoms with Crippen LogP contribution in [0.15, 0.2) is 72.0 Å². The summed E-state index contributed by atoms with van der Waals surface area (Å²) in [6.07, 6.45) is 6.56. The van der Waals surface area contributed by atoms with E-state index in [-0.39, 0.29) is 23.0 Å². The highest BCUT2D eigenvalue weighted by atomic mass is 16.3. The molecule has 0 spiro atoms. The van der Waals surface area contributed by atoms with Crippen LogP contribution in [-0.4, -0.2) is 21.1 Å². The first-order valence-electron chi connectivity index (χ1n) is 7.90. The average molecular weight is 336 g/mol. The lowest BCUT2D eigenvalue weighted by atomic mass is 10.0. The number of hydrogen-bond acceptors (Lipinski definition) is 4. The van der Waals surface area contributed by atoms with Gasteiger partial charge in [-0.2, -0.15) is 0 Å². The Kier molecular flexibility index (Phi) is 6.18. The van der Waals surface area contributed by atoms with E-state index >= 15 is 0 Å². The molecule has 0 heterocycles. The first-order valence-corrected chi connectivity index (χ1v) is 7.90. The SMILES string of the molecule is CCC(C(=O)C=Cc1ccc(O)cc1)=C(O)C=Cc1ccc(O)cc1. The van der Waals surface area contributed by atoms with E-state index in [1.807, 2.05) is 0 Å². The largest absolute Gasteiger partial charge is 0.508 e. The number of ketones is 1. The monoisotopic (exact) mass is 336 g/mol. The number of allylic oxidation sites excluding steroid dienone is 3. The van der Waals surface area contributed by atoms with Gasteiger partial charge >= 0.3 is 0 Å². The van der Waals surface area contributed by atoms with Gasteiger partial charge in [0.2, 0.25) is 0 Å². The molecule has 0 aromatic heterocycles. The fourth-order valence-electron chi connectivity index (χ4n) is 2.20. The molecule has 25 heavy (non-hydrogen) atoms. The molecule has 0 radical (unpaired) electrons. The van der Waals surface area contributed by atoms with Gasteiger partial charge in [-0.1, -0.05) is 43.3 Å². The van der Waals surface area contributed by atoms with Crippen LogP contribution in [0, 0.1) is 0 Å². The molecule has 2 rings (SSSR count). The minimum Gasteiger partial charge on any atom is -0.508 e. The fourth-order valence-corrected chi connectivity index (χ4v) is 2.20. The number of phenols is 2. The molecule has 0 saturated carbocycles. The van der Waals surface area contributed by atoms with Crippen LogP contribution < -0.4 is 0 Å². The maximum Gasteiger partial charge on any atom is 0.185 e. The summed E-state index contributed by atoms with van der Waals surface area (Å²) in [5.74, 6) is -0.0327. The molecule has 128 valence electrons. The van der Waals surface area contributed by atoms with Crippen LogP contribution in [0.2, 0.25) is 0 Å². The van der Waals surface area contributed by atoms with Crippen LogP contribution in [0.25, 0.3) is 12.2 Å². The van der Waals surface area contributed by atoms with Crippen molar-refractivity contribution in [3.63, 3.8) is 0 Å². The highest BCUT2D eigenvalue weighted by molar-refractivity contribution is 6.06. The first kappa shape index (κ1) is 18.1. The summed E-state index contributed by atoms with van der Waals surface area (Å²) in [6, 6.07) is 13.0. The summed E-state index contributed by atoms with van der Waals surface area (Å²) in [7, 11) is 0. The Balaban J connectivity index is 2.14. The zero-order valence-corrected chi connectivity index (χ0v) is 13.9. The van der Waals surface area contributed by atoms with Crippen LogP contribution in [0.3, 0.4) is 0 Å². The third-order valence-corrected chi connectivity index (χ3v) is 3.61. The zero-order chi connectivity index (χ0) is 18.2. The van der Waals surface area contributed by atoms with Crippen molar-refractivity contribution >= 4 is 17.9 Å². The first-order chi connectivity index (χ1) is 12.0. The fraction of sp³-hybridized carbons (Fsp3) is 0.0952. The Labute approximate surface area is 146 Å². The second-order valence-electron chi connectivity index (χ2n) is 5.43. The van der Waals surface area contributed by atoms with Crippen LogP contribution >= 0.6 is 0 Å². The van der Waals surface area contributed by atoms with Crippen molar-refractivity contribution < 1.29 is 20.1 Å². The van der Waals surface area contributed by atoms with Crippen molar-refractivity contribution in [3.8, 4) is 11.5 Å². The lowest BCUT2D eigenvalue weighted by Gasteiger charge is -2.02. The summed E-state index contributed by atoms with van der Waals surface area (Å²) in [6.45, 7) is 1.80. The van der Waals surface area contributed by atoms with Crippen LogP contribution in [-0.2, 0) is 4.79 Å². The van der Waals surface area contributed by atoms with Gasteiger partial charge in [0, 0.05) is 5.57 Å². The maximum atomic E-state index is 12.3. The van der Waals surface area contributed by atoms with Crippen molar-refractivity contribution in [2.75, 3.05) is 0 Å². The van der Waals surface area contributed by atoms with Crippen molar-refractivity contribution in [2.45, 2.75) is 13.3 Å². The number of aliphatic hydroxyl groups is 1. The van der Waals surface area contributed by atoms with E-state index in [9.17, 15) is 20.1 Å². The van der Waals surface area contributed by atoms with Crippen LogP contribution in [0.1, 0.15) is 24.5 Å². The Morgan fingerprint density at radius 3 is 1.72 bits per heavy atom. The molecular formula is C21H20O4. The predicted molar refractivity (Wildman–Crippen MR) is 99.2 cm³/mol. The van der Waals surface area contributed by atoms with Gasteiger partial charge in [0.15, 0.2) is 5.78 Å². The number of carbonyl (C=O) groups is 1. The van der Waals surface area contributed by atoms with E-state index in [2.05, 4.69) is 0 Å². The Morgan fingerprint density at radius 1 is 0.840 bits per heavy atom. The van der Waals surface area contributed by atoms with Gasteiger partial charge in [-0.25, -0.2) is 0 Å². The van der Waals surface area contributed by atoms with Crippen LogP contribution in [0.5, 0.6) is 11.5 Å². The number of aromatic hydroxyl groups is 2. The van der Waals surface area contributed by atoms with Gasteiger partial charge in [0.25, 0.3) is 0 Å². The molecule has 0 saturated heterocycles. The summed E-state index contributed by atoms with van der Waals surface area (Å²) in [5.41, 5.74) is 1.89. The van der Waals surface area contributed by atoms with Crippen molar-refractivity contribution in [3.05, 3.63) is 83.1 Å². The number of phenolic OH excluding ortho intramolecular Hbond substituents is 2. The van der Waals surface area contributed by atoms with Gasteiger partial charge < -0.3 is 15.3 Å². The standard InChI is InChI=1S/C21H20O4/c1-2-19(20(24)13-7-15-3-9-17(22)10-4-15)21(25)14-8-16-5-11-18(23)12-6-16/h3-14,22-24H,2H2,1H3. The lowest BCUT2D eigenvalue weighted by Crippen LogP contribution is -2.01. The van der Waals surface area contributed by atoms with E-state index in [0.717, 1.165) is 11.1 Å². The van der Waals surface area contributed by atoms with Gasteiger partial charge in [-0.3, -0.25) is 4.79 Å². The summed E-state index contributed by atoms with van der Waals surface area (Å²) in [4.78, 5) is 12.3. The Morgan fingerprint density at radius 2 is 1.28 bits per heavy atom. The van der Waals surface area contributed by atoms with E-state index < -0.39 is 0 Å². The molecule has 4 nitrogen and oxygen atoms in total. The Hall–Kier alpha value is -3.27. The minimum atomic E-state index is -0.275. The third kappa shape index (κ3) is 5.39. The smallest absolute Gasteiger partial charge is 0.185 e. The highest BCUT2D eigenvalue weighted by Gasteiger charge is 2.08. The summed E-state index contributed by atoms with van der Waals surface area (Å²) < 4.78 is 0. The normalized spacial score (nSPS) is 12.5. The molecule has 0 amide bonds. The number of benzene rings is 2. The van der Waals surface area contributed by atoms with E-state index in [0.29, 0.717) is 12.0 Å². The summed E-state index contributed by atoms with van der Waals surface area (Å²) in [5, 5.41) is 28.7. The molecule has 0 bridgehead atoms. The molecule has 4 heteroatoms. The van der Waals surface area contributed by atoms with Gasteiger partial charge in [-0.05, 0) is 54.0 Å². The molecule has 0 unspecified atom stereocenters. The molecule has 0 aliphatic rings. The predicted octanol–water partition coefficient (Wildman–Crippen LogP) is 4.62. The van der Waals surface area contributed by atoms with E-state index in [1.54, 1.807) is 67.6 Å². The number of hydrogen-bond donors (Lipinski definition) is 3.